The predicted octanol–water partition coefficient (Wildman–Crippen LogP) is 0.639. The standard InChI is InChI=1S/C25H32O8/c1-23-9-7-15(26)11-14(23)3-4-16-17-8-10-25(32,24(17,2)12-18(27)22(16)23)19(28)13-33-21(31)6-5-20(29)30/h7,9,11,16-18,22,27,32H,3-6,8,10,12-13H2,1-2H3,(H,29,30)/p-1/t16?,17?,18?,22?,23-,24-,25-/m0/s1. The van der Waals surface area contributed by atoms with E-state index in [-0.39, 0.29) is 36.4 Å². The largest absolute Gasteiger partial charge is 0.550 e. The second-order valence-corrected chi connectivity index (χ2v) is 10.6. The summed E-state index contributed by atoms with van der Waals surface area (Å²) in [7, 11) is 0. The molecule has 7 atom stereocenters. The molecule has 0 aromatic heterocycles. The number of ketones is 2. The van der Waals surface area contributed by atoms with Crippen molar-refractivity contribution in [2.75, 3.05) is 6.61 Å². The fourth-order valence-electron chi connectivity index (χ4n) is 7.33. The highest BCUT2D eigenvalue weighted by atomic mass is 16.5. The average molecular weight is 460 g/mol. The van der Waals surface area contributed by atoms with Crippen molar-refractivity contribution in [3.8, 4) is 0 Å². The number of carboxylic acid groups (broad SMARTS) is 1. The summed E-state index contributed by atoms with van der Waals surface area (Å²) in [5, 5.41) is 33.4. The number of carboxylic acids is 1. The Morgan fingerprint density at radius 1 is 1.21 bits per heavy atom. The number of esters is 1. The number of aliphatic carboxylic acids is 1. The van der Waals surface area contributed by atoms with E-state index >= 15 is 0 Å². The molecule has 0 heterocycles. The lowest BCUT2D eigenvalue weighted by molar-refractivity contribution is -0.305. The molecular weight excluding hydrogens is 428 g/mol. The van der Waals surface area contributed by atoms with Gasteiger partial charge in [-0.25, -0.2) is 0 Å². The molecular formula is C25H31O8-. The number of hydrogen-bond acceptors (Lipinski definition) is 8. The third kappa shape index (κ3) is 3.67. The highest BCUT2D eigenvalue weighted by molar-refractivity contribution is 6.01. The lowest BCUT2D eigenvalue weighted by Gasteiger charge is -2.59. The van der Waals surface area contributed by atoms with Gasteiger partial charge >= 0.3 is 5.97 Å². The first-order valence-electron chi connectivity index (χ1n) is 11.7. The lowest BCUT2D eigenvalue weighted by atomic mass is 9.46. The highest BCUT2D eigenvalue weighted by Crippen LogP contribution is 2.67. The summed E-state index contributed by atoms with van der Waals surface area (Å²) in [4.78, 5) is 47.2. The topological polar surface area (TPSA) is 141 Å². The Kier molecular flexibility index (Phi) is 5.90. The number of aliphatic hydroxyl groups excluding tert-OH is 1. The molecule has 0 spiro atoms. The van der Waals surface area contributed by atoms with Gasteiger partial charge in [-0.3, -0.25) is 14.4 Å². The first-order valence-corrected chi connectivity index (χ1v) is 11.7. The molecule has 0 bridgehead atoms. The van der Waals surface area contributed by atoms with Crippen molar-refractivity contribution < 1.29 is 39.2 Å². The number of rotatable bonds is 6. The number of carbonyl (C=O) groups excluding carboxylic acids is 4. The van der Waals surface area contributed by atoms with Crippen molar-refractivity contribution in [1.82, 2.24) is 0 Å². The molecule has 4 aliphatic rings. The third-order valence-corrected chi connectivity index (χ3v) is 9.01. The first kappa shape index (κ1) is 23.8. The van der Waals surface area contributed by atoms with Gasteiger partial charge in [-0.05, 0) is 62.5 Å². The fraction of sp³-hybridized carbons (Fsp3) is 0.680. The van der Waals surface area contributed by atoms with Gasteiger partial charge in [0.25, 0.3) is 0 Å². The Labute approximate surface area is 192 Å². The molecule has 8 heteroatoms. The predicted molar refractivity (Wildman–Crippen MR) is 113 cm³/mol. The summed E-state index contributed by atoms with van der Waals surface area (Å²) in [5.41, 5.74) is -2.02. The average Bonchev–Trinajstić information content (AvgIpc) is 3.02. The van der Waals surface area contributed by atoms with Gasteiger partial charge in [0.2, 0.25) is 5.78 Å². The van der Waals surface area contributed by atoms with Crippen LogP contribution in [0.15, 0.2) is 23.8 Å². The summed E-state index contributed by atoms with van der Waals surface area (Å²) in [6.45, 7) is 3.26. The molecule has 180 valence electrons. The zero-order valence-electron chi connectivity index (χ0n) is 19.0. The maximum Gasteiger partial charge on any atom is 0.306 e. The Hall–Kier alpha value is -2.32. The van der Waals surface area contributed by atoms with Crippen molar-refractivity contribution in [3.63, 3.8) is 0 Å². The van der Waals surface area contributed by atoms with Gasteiger partial charge in [-0.1, -0.05) is 25.5 Å². The molecule has 2 N–H and O–H groups in total. The van der Waals surface area contributed by atoms with Gasteiger partial charge in [0.05, 0.1) is 12.5 Å². The molecule has 0 amide bonds. The van der Waals surface area contributed by atoms with Crippen LogP contribution in [0.2, 0.25) is 0 Å². The summed E-state index contributed by atoms with van der Waals surface area (Å²) < 4.78 is 4.94. The zero-order chi connectivity index (χ0) is 24.2. The number of allylic oxidation sites excluding steroid dienone is 4. The fourth-order valence-corrected chi connectivity index (χ4v) is 7.33. The second kappa shape index (κ2) is 8.17. The summed E-state index contributed by atoms with van der Waals surface area (Å²) in [6, 6.07) is 0. The highest BCUT2D eigenvalue weighted by Gasteiger charge is 2.68. The molecule has 0 saturated heterocycles. The minimum Gasteiger partial charge on any atom is -0.550 e. The minimum absolute atomic E-state index is 0.00182. The van der Waals surface area contributed by atoms with Crippen LogP contribution in [0.3, 0.4) is 0 Å². The minimum atomic E-state index is -1.74. The van der Waals surface area contributed by atoms with Gasteiger partial charge in [-0.2, -0.15) is 0 Å². The van der Waals surface area contributed by atoms with Crippen LogP contribution in [-0.4, -0.2) is 52.0 Å². The van der Waals surface area contributed by atoms with Gasteiger partial charge < -0.3 is 24.9 Å². The van der Waals surface area contributed by atoms with Crippen LogP contribution in [0.1, 0.15) is 58.8 Å². The van der Waals surface area contributed by atoms with Crippen molar-refractivity contribution in [1.29, 1.82) is 0 Å². The number of carbonyl (C=O) groups is 4. The van der Waals surface area contributed by atoms with E-state index in [1.54, 1.807) is 12.2 Å². The van der Waals surface area contributed by atoms with E-state index in [1.165, 1.54) is 0 Å². The van der Waals surface area contributed by atoms with Crippen LogP contribution >= 0.6 is 0 Å². The normalized spacial score (nSPS) is 41.5. The van der Waals surface area contributed by atoms with E-state index in [0.717, 1.165) is 18.4 Å². The SMILES string of the molecule is C[C@]12C=CC(=O)C=C1CCC1C2C(O)C[C@@]2(C)C1CC[C@]2(O)C(=O)COC(=O)CCC(=O)[O-]. The number of fused-ring (bicyclic) bond motifs is 5. The van der Waals surface area contributed by atoms with Gasteiger partial charge in [0.15, 0.2) is 12.4 Å². The summed E-state index contributed by atoms with van der Waals surface area (Å²) >= 11 is 0. The molecule has 0 aromatic rings. The van der Waals surface area contributed by atoms with Crippen LogP contribution in [0.5, 0.6) is 0 Å². The molecule has 8 nitrogen and oxygen atoms in total. The van der Waals surface area contributed by atoms with Gasteiger partial charge in [0, 0.05) is 22.7 Å². The van der Waals surface area contributed by atoms with E-state index in [2.05, 4.69) is 6.92 Å². The number of aliphatic hydroxyl groups is 2. The third-order valence-electron chi connectivity index (χ3n) is 9.01. The van der Waals surface area contributed by atoms with Gasteiger partial charge in [0.1, 0.15) is 5.60 Å². The van der Waals surface area contributed by atoms with Crippen LogP contribution < -0.4 is 5.11 Å². The smallest absolute Gasteiger partial charge is 0.306 e. The van der Waals surface area contributed by atoms with E-state index in [0.29, 0.717) is 6.42 Å². The van der Waals surface area contributed by atoms with E-state index in [1.807, 2.05) is 13.0 Å². The van der Waals surface area contributed by atoms with E-state index in [4.69, 9.17) is 4.74 Å². The molecule has 0 radical (unpaired) electrons. The summed E-state index contributed by atoms with van der Waals surface area (Å²) in [6.07, 6.45) is 6.04. The number of Topliss-reactive ketones (excluding diaryl/α,β-unsaturated/α-hetero) is 1. The lowest BCUT2D eigenvalue weighted by Crippen LogP contribution is -2.61. The quantitative estimate of drug-likeness (QED) is 0.551. The number of ether oxygens (including phenoxy) is 1. The zero-order valence-corrected chi connectivity index (χ0v) is 19.0. The molecule has 4 rings (SSSR count). The molecule has 33 heavy (non-hydrogen) atoms. The van der Waals surface area contributed by atoms with Crippen LogP contribution in [0.4, 0.5) is 0 Å². The number of hydrogen-bond donors (Lipinski definition) is 2. The Morgan fingerprint density at radius 3 is 2.64 bits per heavy atom. The summed E-state index contributed by atoms with van der Waals surface area (Å²) in [5.74, 6) is -2.91. The van der Waals surface area contributed by atoms with Crippen molar-refractivity contribution in [2.45, 2.75) is 70.5 Å². The van der Waals surface area contributed by atoms with Crippen molar-refractivity contribution in [2.24, 2.45) is 28.6 Å². The molecule has 0 aromatic carbocycles. The second-order valence-electron chi connectivity index (χ2n) is 10.6. The Bertz CT molecular complexity index is 950. The molecule has 3 fully saturated rings. The molecule has 0 aliphatic heterocycles. The van der Waals surface area contributed by atoms with E-state index in [9.17, 15) is 34.5 Å². The monoisotopic (exact) mass is 459 g/mol. The van der Waals surface area contributed by atoms with Crippen LogP contribution in [0.25, 0.3) is 0 Å². The molecule has 4 unspecified atom stereocenters. The van der Waals surface area contributed by atoms with Crippen molar-refractivity contribution >= 4 is 23.5 Å². The maximum atomic E-state index is 13.1. The van der Waals surface area contributed by atoms with E-state index < -0.39 is 59.7 Å². The van der Waals surface area contributed by atoms with Crippen LogP contribution in [0, 0.1) is 28.6 Å². The Morgan fingerprint density at radius 2 is 1.94 bits per heavy atom. The maximum absolute atomic E-state index is 13.1. The first-order chi connectivity index (χ1) is 15.4. The van der Waals surface area contributed by atoms with Gasteiger partial charge in [-0.15, -0.1) is 0 Å². The molecule has 3 saturated carbocycles. The Balaban J connectivity index is 1.53. The van der Waals surface area contributed by atoms with Crippen molar-refractivity contribution in [3.05, 3.63) is 23.8 Å². The molecule has 4 aliphatic carbocycles. The van der Waals surface area contributed by atoms with Crippen LogP contribution in [-0.2, 0) is 23.9 Å².